The zero-order chi connectivity index (χ0) is 12.0. The van der Waals surface area contributed by atoms with Crippen molar-refractivity contribution < 1.29 is 18.7 Å². The summed E-state index contributed by atoms with van der Waals surface area (Å²) in [7, 11) is 0. The average molecular weight is 226 g/mol. The van der Waals surface area contributed by atoms with Gasteiger partial charge in [-0.1, -0.05) is 13.0 Å². The summed E-state index contributed by atoms with van der Waals surface area (Å²) in [5.41, 5.74) is 0. The van der Waals surface area contributed by atoms with Crippen LogP contribution in [0.1, 0.15) is 20.3 Å². The molecule has 0 aliphatic rings. The Morgan fingerprint density at radius 1 is 1.50 bits per heavy atom. The Hall–Kier alpha value is -1.58. The highest BCUT2D eigenvalue weighted by molar-refractivity contribution is 5.74. The molecule has 88 valence electrons. The van der Waals surface area contributed by atoms with Crippen molar-refractivity contribution >= 4 is 5.97 Å². The Morgan fingerprint density at radius 2 is 2.25 bits per heavy atom. The second kappa shape index (κ2) is 6.10. The van der Waals surface area contributed by atoms with Crippen LogP contribution in [0.5, 0.6) is 5.75 Å². The molecule has 3 nitrogen and oxygen atoms in total. The van der Waals surface area contributed by atoms with E-state index in [1.807, 2.05) is 6.92 Å². The van der Waals surface area contributed by atoms with Crippen LogP contribution in [0.4, 0.5) is 4.39 Å². The van der Waals surface area contributed by atoms with E-state index in [1.54, 1.807) is 13.0 Å². The second-order valence-corrected chi connectivity index (χ2v) is 3.38. The maximum absolute atomic E-state index is 12.8. The van der Waals surface area contributed by atoms with Crippen LogP contribution in [-0.2, 0) is 9.53 Å². The van der Waals surface area contributed by atoms with Gasteiger partial charge in [-0.25, -0.2) is 9.18 Å². The number of carbonyl (C=O) groups is 1. The topological polar surface area (TPSA) is 35.5 Å². The molecule has 0 fully saturated rings. The lowest BCUT2D eigenvalue weighted by Crippen LogP contribution is -2.26. The molecule has 0 saturated heterocycles. The van der Waals surface area contributed by atoms with Gasteiger partial charge < -0.3 is 9.47 Å². The number of benzene rings is 1. The maximum Gasteiger partial charge on any atom is 0.347 e. The molecule has 0 heterocycles. The summed E-state index contributed by atoms with van der Waals surface area (Å²) in [6.45, 7) is 3.85. The van der Waals surface area contributed by atoms with Crippen LogP contribution >= 0.6 is 0 Å². The molecule has 1 aromatic carbocycles. The fourth-order valence-electron chi connectivity index (χ4n) is 1.11. The van der Waals surface area contributed by atoms with Gasteiger partial charge in [-0.15, -0.1) is 0 Å². The van der Waals surface area contributed by atoms with Gasteiger partial charge in [0, 0.05) is 6.07 Å². The van der Waals surface area contributed by atoms with E-state index in [1.165, 1.54) is 18.2 Å². The summed E-state index contributed by atoms with van der Waals surface area (Å²) in [6, 6.07) is 5.65. The van der Waals surface area contributed by atoms with E-state index in [0.29, 0.717) is 12.4 Å². The molecule has 0 bridgehead atoms. The van der Waals surface area contributed by atoms with Gasteiger partial charge >= 0.3 is 5.97 Å². The van der Waals surface area contributed by atoms with Crippen LogP contribution in [0, 0.1) is 5.82 Å². The first-order chi connectivity index (χ1) is 7.63. The van der Waals surface area contributed by atoms with Crippen molar-refractivity contribution in [1.29, 1.82) is 0 Å². The van der Waals surface area contributed by atoms with Gasteiger partial charge in [0.1, 0.15) is 11.6 Å². The molecule has 0 N–H and O–H groups in total. The lowest BCUT2D eigenvalue weighted by atomic mass is 10.3. The average Bonchev–Trinajstić information content (AvgIpc) is 2.25. The minimum absolute atomic E-state index is 0.320. The number of hydrogen-bond donors (Lipinski definition) is 0. The monoisotopic (exact) mass is 226 g/mol. The van der Waals surface area contributed by atoms with Gasteiger partial charge in [-0.2, -0.15) is 0 Å². The normalized spacial score (nSPS) is 11.9. The molecular weight excluding hydrogens is 211 g/mol. The zero-order valence-corrected chi connectivity index (χ0v) is 9.40. The third kappa shape index (κ3) is 3.88. The minimum atomic E-state index is -0.728. The molecule has 0 spiro atoms. The molecule has 0 radical (unpaired) electrons. The Labute approximate surface area is 94.2 Å². The van der Waals surface area contributed by atoms with Crippen LogP contribution in [0.3, 0.4) is 0 Å². The van der Waals surface area contributed by atoms with E-state index >= 15 is 0 Å². The van der Waals surface area contributed by atoms with Crippen LogP contribution in [0.2, 0.25) is 0 Å². The number of carbonyl (C=O) groups excluding carboxylic acids is 1. The molecule has 0 saturated carbocycles. The molecule has 1 aromatic rings. The highest BCUT2D eigenvalue weighted by atomic mass is 19.1. The van der Waals surface area contributed by atoms with Crippen molar-refractivity contribution in [2.45, 2.75) is 26.4 Å². The van der Waals surface area contributed by atoms with Crippen molar-refractivity contribution in [2.24, 2.45) is 0 Å². The van der Waals surface area contributed by atoms with Gasteiger partial charge in [-0.3, -0.25) is 0 Å². The summed E-state index contributed by atoms with van der Waals surface area (Å²) in [5.74, 6) is -0.515. The van der Waals surface area contributed by atoms with Crippen molar-refractivity contribution in [1.82, 2.24) is 0 Å². The number of esters is 1. The van der Waals surface area contributed by atoms with E-state index in [0.717, 1.165) is 6.42 Å². The summed E-state index contributed by atoms with van der Waals surface area (Å²) in [6.07, 6.45) is 0.0339. The molecular formula is C12H15FO3. The van der Waals surface area contributed by atoms with Gasteiger partial charge in [0.05, 0.1) is 6.61 Å². The van der Waals surface area contributed by atoms with Crippen LogP contribution in [0.25, 0.3) is 0 Å². The van der Waals surface area contributed by atoms with Crippen molar-refractivity contribution in [2.75, 3.05) is 6.61 Å². The van der Waals surface area contributed by atoms with E-state index in [2.05, 4.69) is 0 Å². The maximum atomic E-state index is 12.8. The van der Waals surface area contributed by atoms with Gasteiger partial charge in [0.2, 0.25) is 0 Å². The molecule has 4 heteroatoms. The number of hydrogen-bond acceptors (Lipinski definition) is 3. The van der Waals surface area contributed by atoms with Gasteiger partial charge in [0.25, 0.3) is 0 Å². The lowest BCUT2D eigenvalue weighted by molar-refractivity contribution is -0.151. The highest BCUT2D eigenvalue weighted by Crippen LogP contribution is 2.14. The van der Waals surface area contributed by atoms with Crippen LogP contribution in [0.15, 0.2) is 24.3 Å². The predicted octanol–water partition coefficient (Wildman–Crippen LogP) is 2.55. The smallest absolute Gasteiger partial charge is 0.347 e. The van der Waals surface area contributed by atoms with Gasteiger partial charge in [0.15, 0.2) is 6.10 Å². The number of ether oxygens (including phenoxy) is 2. The molecule has 16 heavy (non-hydrogen) atoms. The van der Waals surface area contributed by atoms with Crippen LogP contribution < -0.4 is 4.74 Å². The Bertz CT molecular complexity index is 352. The first-order valence-electron chi connectivity index (χ1n) is 5.22. The third-order valence-corrected chi connectivity index (χ3v) is 1.89. The molecule has 0 aliphatic heterocycles. The Morgan fingerprint density at radius 3 is 2.88 bits per heavy atom. The SMILES string of the molecule is CCCOC(=O)C(C)Oc1cccc(F)c1. The van der Waals surface area contributed by atoms with E-state index in [4.69, 9.17) is 9.47 Å². The lowest BCUT2D eigenvalue weighted by Gasteiger charge is -2.13. The summed E-state index contributed by atoms with van der Waals surface area (Å²) in [4.78, 5) is 11.4. The van der Waals surface area contributed by atoms with E-state index in [9.17, 15) is 9.18 Å². The van der Waals surface area contributed by atoms with Gasteiger partial charge in [-0.05, 0) is 25.5 Å². The zero-order valence-electron chi connectivity index (χ0n) is 9.40. The Balaban J connectivity index is 2.50. The largest absolute Gasteiger partial charge is 0.479 e. The Kier molecular flexibility index (Phi) is 4.76. The standard InChI is InChI=1S/C12H15FO3/c1-3-7-15-12(14)9(2)16-11-6-4-5-10(13)8-11/h4-6,8-9H,3,7H2,1-2H3. The first kappa shape index (κ1) is 12.5. The number of rotatable bonds is 5. The molecule has 1 unspecified atom stereocenters. The molecule has 0 aliphatic carbocycles. The summed E-state index contributed by atoms with van der Waals surface area (Å²) < 4.78 is 23.0. The number of halogens is 1. The van der Waals surface area contributed by atoms with Crippen molar-refractivity contribution in [3.8, 4) is 5.75 Å². The summed E-state index contributed by atoms with van der Waals surface area (Å²) >= 11 is 0. The minimum Gasteiger partial charge on any atom is -0.479 e. The quantitative estimate of drug-likeness (QED) is 0.724. The fourth-order valence-corrected chi connectivity index (χ4v) is 1.11. The third-order valence-electron chi connectivity index (χ3n) is 1.89. The fraction of sp³-hybridized carbons (Fsp3) is 0.417. The van der Waals surface area contributed by atoms with E-state index in [-0.39, 0.29) is 0 Å². The highest BCUT2D eigenvalue weighted by Gasteiger charge is 2.15. The predicted molar refractivity (Wildman–Crippen MR) is 57.7 cm³/mol. The molecule has 0 aromatic heterocycles. The van der Waals surface area contributed by atoms with Crippen molar-refractivity contribution in [3.05, 3.63) is 30.1 Å². The first-order valence-corrected chi connectivity index (χ1v) is 5.22. The summed E-state index contributed by atoms with van der Waals surface area (Å²) in [5, 5.41) is 0. The van der Waals surface area contributed by atoms with Crippen LogP contribution in [-0.4, -0.2) is 18.7 Å². The van der Waals surface area contributed by atoms with Crippen molar-refractivity contribution in [3.63, 3.8) is 0 Å². The molecule has 1 atom stereocenters. The van der Waals surface area contributed by atoms with E-state index < -0.39 is 17.9 Å². The second-order valence-electron chi connectivity index (χ2n) is 3.38. The molecule has 0 amide bonds. The molecule has 1 rings (SSSR count).